The lowest BCUT2D eigenvalue weighted by molar-refractivity contribution is -0.120. The molecule has 0 unspecified atom stereocenters. The average Bonchev–Trinajstić information content (AvgIpc) is 2.15. The number of nitriles is 1. The minimum atomic E-state index is -0.215. The number of ether oxygens (including phenoxy) is 1. The Hall–Kier alpha value is -1.12. The van der Waals surface area contributed by atoms with Crippen LogP contribution in [0.25, 0.3) is 0 Å². The molecule has 5 heteroatoms. The van der Waals surface area contributed by atoms with Gasteiger partial charge in [0.05, 0.1) is 12.7 Å². The van der Waals surface area contributed by atoms with Gasteiger partial charge in [0.2, 0.25) is 5.91 Å². The van der Waals surface area contributed by atoms with Crippen molar-refractivity contribution in [1.29, 1.82) is 5.26 Å². The first kappa shape index (κ1) is 12.9. The van der Waals surface area contributed by atoms with E-state index in [1.54, 1.807) is 13.2 Å². The summed E-state index contributed by atoms with van der Waals surface area (Å²) in [5, 5.41) is 10.9. The van der Waals surface area contributed by atoms with Crippen LogP contribution in [-0.4, -0.2) is 51.2 Å². The third kappa shape index (κ3) is 7.53. The van der Waals surface area contributed by atoms with Gasteiger partial charge in [-0.1, -0.05) is 0 Å². The molecule has 5 nitrogen and oxygen atoms in total. The van der Waals surface area contributed by atoms with E-state index in [1.165, 1.54) is 0 Å². The van der Waals surface area contributed by atoms with E-state index in [-0.39, 0.29) is 12.3 Å². The normalized spacial score (nSPS) is 9.86. The maximum Gasteiger partial charge on any atom is 0.234 e. The number of carbonyl (C=O) groups is 1. The zero-order chi connectivity index (χ0) is 10.8. The van der Waals surface area contributed by atoms with Crippen LogP contribution < -0.4 is 5.32 Å². The standard InChI is InChI=1S/C9H17N3O2/c1-12(7-8-14-2)6-5-11-9(13)3-4-10/h3,5-8H2,1-2H3,(H,11,13). The molecule has 0 saturated carbocycles. The summed E-state index contributed by atoms with van der Waals surface area (Å²) in [7, 11) is 3.61. The molecule has 80 valence electrons. The Morgan fingerprint density at radius 1 is 1.57 bits per heavy atom. The number of methoxy groups -OCH3 is 1. The third-order valence-electron chi connectivity index (χ3n) is 1.73. The Bertz CT molecular complexity index is 201. The number of likely N-dealkylation sites (N-methyl/N-ethyl adjacent to an activating group) is 1. The molecule has 0 fully saturated rings. The van der Waals surface area contributed by atoms with Crippen molar-refractivity contribution in [1.82, 2.24) is 10.2 Å². The topological polar surface area (TPSA) is 65.4 Å². The average molecular weight is 199 g/mol. The lowest BCUT2D eigenvalue weighted by atomic mass is 10.4. The monoisotopic (exact) mass is 199 g/mol. The van der Waals surface area contributed by atoms with Gasteiger partial charge in [0.1, 0.15) is 6.42 Å². The summed E-state index contributed by atoms with van der Waals surface area (Å²) in [4.78, 5) is 12.9. The maximum atomic E-state index is 10.9. The summed E-state index contributed by atoms with van der Waals surface area (Å²) in [6, 6.07) is 1.79. The van der Waals surface area contributed by atoms with E-state index in [0.29, 0.717) is 13.2 Å². The van der Waals surface area contributed by atoms with Gasteiger partial charge in [-0.05, 0) is 7.05 Å². The van der Waals surface area contributed by atoms with Crippen molar-refractivity contribution in [2.45, 2.75) is 6.42 Å². The van der Waals surface area contributed by atoms with E-state index in [4.69, 9.17) is 10.00 Å². The van der Waals surface area contributed by atoms with Crippen molar-refractivity contribution < 1.29 is 9.53 Å². The van der Waals surface area contributed by atoms with Crippen LogP contribution >= 0.6 is 0 Å². The lowest BCUT2D eigenvalue weighted by Crippen LogP contribution is -2.34. The van der Waals surface area contributed by atoms with Crippen LogP contribution in [-0.2, 0) is 9.53 Å². The summed E-state index contributed by atoms with van der Waals surface area (Å²) < 4.78 is 4.91. The fourth-order valence-electron chi connectivity index (χ4n) is 0.879. The zero-order valence-electron chi connectivity index (χ0n) is 8.75. The van der Waals surface area contributed by atoms with Gasteiger partial charge >= 0.3 is 0 Å². The highest BCUT2D eigenvalue weighted by molar-refractivity contribution is 5.77. The zero-order valence-corrected chi connectivity index (χ0v) is 8.75. The van der Waals surface area contributed by atoms with E-state index < -0.39 is 0 Å². The summed E-state index contributed by atoms with van der Waals surface area (Å²) in [5.41, 5.74) is 0. The molecule has 0 aliphatic rings. The Balaban J connectivity index is 3.35. The number of nitrogens with one attached hydrogen (secondary N) is 1. The molecule has 1 N–H and O–H groups in total. The fourth-order valence-corrected chi connectivity index (χ4v) is 0.879. The highest BCUT2D eigenvalue weighted by Gasteiger charge is 2.00. The van der Waals surface area contributed by atoms with Gasteiger partial charge in [-0.2, -0.15) is 5.26 Å². The molecule has 0 aliphatic carbocycles. The summed E-state index contributed by atoms with van der Waals surface area (Å²) >= 11 is 0. The molecule has 0 saturated heterocycles. The molecule has 14 heavy (non-hydrogen) atoms. The predicted octanol–water partition coefficient (Wildman–Crippen LogP) is -0.406. The van der Waals surface area contributed by atoms with Gasteiger partial charge in [0.15, 0.2) is 0 Å². The molecular formula is C9H17N3O2. The van der Waals surface area contributed by atoms with Crippen LogP contribution in [0.1, 0.15) is 6.42 Å². The molecular weight excluding hydrogens is 182 g/mol. The van der Waals surface area contributed by atoms with Gasteiger partial charge in [0.25, 0.3) is 0 Å². The van der Waals surface area contributed by atoms with Crippen LogP contribution in [0.15, 0.2) is 0 Å². The molecule has 1 amide bonds. The number of amides is 1. The summed E-state index contributed by atoms with van der Waals surface area (Å²) in [6.07, 6.45) is -0.0677. The van der Waals surface area contributed by atoms with Crippen molar-refractivity contribution >= 4 is 5.91 Å². The summed E-state index contributed by atoms with van der Waals surface area (Å²) in [5.74, 6) is -0.215. The van der Waals surface area contributed by atoms with Crippen molar-refractivity contribution in [2.24, 2.45) is 0 Å². The Kier molecular flexibility index (Phi) is 7.80. The van der Waals surface area contributed by atoms with Crippen molar-refractivity contribution in [2.75, 3.05) is 40.4 Å². The molecule has 0 heterocycles. The largest absolute Gasteiger partial charge is 0.383 e. The van der Waals surface area contributed by atoms with Crippen molar-refractivity contribution in [3.05, 3.63) is 0 Å². The van der Waals surface area contributed by atoms with Crippen LogP contribution in [0.5, 0.6) is 0 Å². The van der Waals surface area contributed by atoms with Crippen LogP contribution in [0.4, 0.5) is 0 Å². The first-order valence-electron chi connectivity index (χ1n) is 4.51. The molecule has 0 aliphatic heterocycles. The SMILES string of the molecule is COCCN(C)CCNC(=O)CC#N. The van der Waals surface area contributed by atoms with Crippen LogP contribution in [0.3, 0.4) is 0 Å². The summed E-state index contributed by atoms with van der Waals surface area (Å²) in [6.45, 7) is 2.86. The number of hydrogen-bond donors (Lipinski definition) is 1. The van der Waals surface area contributed by atoms with Crippen molar-refractivity contribution in [3.63, 3.8) is 0 Å². The number of rotatable bonds is 7. The van der Waals surface area contributed by atoms with Crippen LogP contribution in [0, 0.1) is 11.3 Å². The minimum Gasteiger partial charge on any atom is -0.383 e. The highest BCUT2D eigenvalue weighted by atomic mass is 16.5. The maximum absolute atomic E-state index is 10.9. The van der Waals surface area contributed by atoms with E-state index in [9.17, 15) is 4.79 Å². The van der Waals surface area contributed by atoms with Gasteiger partial charge in [0, 0.05) is 26.7 Å². The van der Waals surface area contributed by atoms with Gasteiger partial charge in [-0.15, -0.1) is 0 Å². The van der Waals surface area contributed by atoms with E-state index >= 15 is 0 Å². The highest BCUT2D eigenvalue weighted by Crippen LogP contribution is 1.81. The van der Waals surface area contributed by atoms with Crippen molar-refractivity contribution in [3.8, 4) is 6.07 Å². The molecule has 0 aromatic heterocycles. The number of hydrogen-bond acceptors (Lipinski definition) is 4. The molecule has 0 aromatic rings. The minimum absolute atomic E-state index is 0.0677. The molecule has 0 rings (SSSR count). The Labute approximate surface area is 84.6 Å². The molecule has 0 aromatic carbocycles. The van der Waals surface area contributed by atoms with E-state index in [1.807, 2.05) is 7.05 Å². The third-order valence-corrected chi connectivity index (χ3v) is 1.73. The second-order valence-electron chi connectivity index (χ2n) is 2.98. The molecule has 0 radical (unpaired) electrons. The van der Waals surface area contributed by atoms with E-state index in [0.717, 1.165) is 13.1 Å². The number of carbonyl (C=O) groups excluding carboxylic acids is 1. The molecule has 0 bridgehead atoms. The lowest BCUT2D eigenvalue weighted by Gasteiger charge is -2.15. The molecule has 0 atom stereocenters. The first-order valence-corrected chi connectivity index (χ1v) is 4.51. The van der Waals surface area contributed by atoms with Gasteiger partial charge in [-0.25, -0.2) is 0 Å². The molecule has 0 spiro atoms. The fraction of sp³-hybridized carbons (Fsp3) is 0.778. The predicted molar refractivity (Wildman–Crippen MR) is 52.6 cm³/mol. The van der Waals surface area contributed by atoms with E-state index in [2.05, 4.69) is 10.2 Å². The second-order valence-corrected chi connectivity index (χ2v) is 2.98. The van der Waals surface area contributed by atoms with Gasteiger partial charge in [-0.3, -0.25) is 4.79 Å². The Morgan fingerprint density at radius 3 is 2.86 bits per heavy atom. The Morgan fingerprint density at radius 2 is 2.29 bits per heavy atom. The smallest absolute Gasteiger partial charge is 0.234 e. The van der Waals surface area contributed by atoms with Gasteiger partial charge < -0.3 is 15.0 Å². The van der Waals surface area contributed by atoms with Crippen LogP contribution in [0.2, 0.25) is 0 Å². The second kappa shape index (κ2) is 8.48. The quantitative estimate of drug-likeness (QED) is 0.605. The number of nitrogens with zero attached hydrogens (tertiary/aromatic N) is 2. The first-order chi connectivity index (χ1) is 6.70.